The fourth-order valence-electron chi connectivity index (χ4n) is 2.62. The first-order valence-electron chi connectivity index (χ1n) is 5.78. The maximum absolute atomic E-state index is 11.7. The van der Waals surface area contributed by atoms with Gasteiger partial charge in [0.05, 0.1) is 17.5 Å². The molecule has 2 heterocycles. The van der Waals surface area contributed by atoms with Gasteiger partial charge in [0.15, 0.2) is 15.0 Å². The summed E-state index contributed by atoms with van der Waals surface area (Å²) in [5, 5.41) is 8.54. The van der Waals surface area contributed by atoms with Crippen molar-refractivity contribution < 1.29 is 8.42 Å². The lowest BCUT2D eigenvalue weighted by Gasteiger charge is -2.25. The molecule has 2 atom stereocenters. The van der Waals surface area contributed by atoms with Crippen molar-refractivity contribution in [3.8, 4) is 0 Å². The Morgan fingerprint density at radius 3 is 2.78 bits per heavy atom. The first-order chi connectivity index (χ1) is 8.48. The average molecular weight is 282 g/mol. The number of hydrogen-bond acceptors (Lipinski definition) is 4. The summed E-state index contributed by atoms with van der Waals surface area (Å²) in [6.45, 7) is 1.99. The van der Waals surface area contributed by atoms with Crippen LogP contribution in [0.3, 0.4) is 0 Å². The van der Waals surface area contributed by atoms with Crippen LogP contribution in [-0.2, 0) is 9.84 Å². The normalized spacial score (nSPS) is 29.6. The molecule has 0 aliphatic carbocycles. The summed E-state index contributed by atoms with van der Waals surface area (Å²) < 4.78 is 23.4. The number of amidine groups is 1. The van der Waals surface area contributed by atoms with Gasteiger partial charge in [-0.3, -0.25) is 5.41 Å². The summed E-state index contributed by atoms with van der Waals surface area (Å²) in [5.41, 5.74) is 2.03. The third-order valence-corrected chi connectivity index (χ3v) is 6.59. The van der Waals surface area contributed by atoms with Gasteiger partial charge in [-0.15, -0.1) is 0 Å². The van der Waals surface area contributed by atoms with Crippen LogP contribution < -0.4 is 4.90 Å². The first kappa shape index (κ1) is 12.0. The number of aryl methyl sites for hydroxylation is 1. The van der Waals surface area contributed by atoms with Gasteiger partial charge in [-0.2, -0.15) is 0 Å². The number of thioether (sulfide) groups is 1. The Kier molecular flexibility index (Phi) is 2.67. The molecule has 0 radical (unpaired) electrons. The van der Waals surface area contributed by atoms with Crippen molar-refractivity contribution in [1.29, 1.82) is 5.41 Å². The van der Waals surface area contributed by atoms with Crippen molar-refractivity contribution in [2.75, 3.05) is 16.4 Å². The Labute approximate surface area is 111 Å². The van der Waals surface area contributed by atoms with Gasteiger partial charge in [0, 0.05) is 10.9 Å². The SMILES string of the molecule is Cc1ccccc1N1C(=N)SC2CS(=O)(=O)CC21. The molecule has 1 aromatic carbocycles. The van der Waals surface area contributed by atoms with Crippen LogP contribution in [0.25, 0.3) is 0 Å². The summed E-state index contributed by atoms with van der Waals surface area (Å²) in [4.78, 5) is 1.88. The fourth-order valence-corrected chi connectivity index (χ4v) is 6.41. The third-order valence-electron chi connectivity index (χ3n) is 3.46. The highest BCUT2D eigenvalue weighted by Gasteiger charge is 2.48. The van der Waals surface area contributed by atoms with E-state index in [0.29, 0.717) is 5.17 Å². The van der Waals surface area contributed by atoms with Crippen molar-refractivity contribution in [3.63, 3.8) is 0 Å². The van der Waals surface area contributed by atoms with Gasteiger partial charge in [-0.25, -0.2) is 8.42 Å². The summed E-state index contributed by atoms with van der Waals surface area (Å²) in [5.74, 6) is 0.370. The Balaban J connectivity index is 2.02. The van der Waals surface area contributed by atoms with Gasteiger partial charge in [0.25, 0.3) is 0 Å². The summed E-state index contributed by atoms with van der Waals surface area (Å²) in [6, 6.07) is 7.75. The largest absolute Gasteiger partial charge is 0.316 e. The maximum atomic E-state index is 11.7. The molecule has 2 aliphatic rings. The minimum atomic E-state index is -2.94. The predicted octanol–water partition coefficient (Wildman–Crippen LogP) is 1.65. The Bertz CT molecular complexity index is 612. The molecule has 2 saturated heterocycles. The van der Waals surface area contributed by atoms with Gasteiger partial charge in [0.1, 0.15) is 0 Å². The molecule has 96 valence electrons. The molecule has 2 unspecified atom stereocenters. The summed E-state index contributed by atoms with van der Waals surface area (Å²) in [7, 11) is -2.94. The van der Waals surface area contributed by atoms with Gasteiger partial charge in [0.2, 0.25) is 0 Å². The highest BCUT2D eigenvalue weighted by Crippen LogP contribution is 2.40. The van der Waals surface area contributed by atoms with Gasteiger partial charge < -0.3 is 4.90 Å². The van der Waals surface area contributed by atoms with E-state index in [4.69, 9.17) is 5.41 Å². The van der Waals surface area contributed by atoms with Crippen molar-refractivity contribution in [1.82, 2.24) is 0 Å². The first-order valence-corrected chi connectivity index (χ1v) is 8.48. The molecular weight excluding hydrogens is 268 g/mol. The van der Waals surface area contributed by atoms with Crippen LogP contribution in [0.2, 0.25) is 0 Å². The van der Waals surface area contributed by atoms with E-state index >= 15 is 0 Å². The fraction of sp³-hybridized carbons (Fsp3) is 0.417. The summed E-state index contributed by atoms with van der Waals surface area (Å²) >= 11 is 1.38. The van der Waals surface area contributed by atoms with Gasteiger partial charge in [-0.1, -0.05) is 30.0 Å². The molecule has 0 bridgehead atoms. The second kappa shape index (κ2) is 3.99. The van der Waals surface area contributed by atoms with Crippen molar-refractivity contribution in [2.24, 2.45) is 0 Å². The maximum Gasteiger partial charge on any atom is 0.161 e. The molecule has 18 heavy (non-hydrogen) atoms. The number of nitrogens with one attached hydrogen (secondary N) is 1. The molecule has 1 N–H and O–H groups in total. The van der Waals surface area contributed by atoms with E-state index in [2.05, 4.69) is 0 Å². The lowest BCUT2D eigenvalue weighted by molar-refractivity contribution is 0.601. The van der Waals surface area contributed by atoms with E-state index in [1.165, 1.54) is 11.8 Å². The van der Waals surface area contributed by atoms with Crippen LogP contribution >= 0.6 is 11.8 Å². The van der Waals surface area contributed by atoms with Crippen molar-refractivity contribution in [3.05, 3.63) is 29.8 Å². The molecule has 1 aromatic rings. The Hall–Kier alpha value is -1.01. The van der Waals surface area contributed by atoms with Crippen molar-refractivity contribution in [2.45, 2.75) is 18.2 Å². The van der Waals surface area contributed by atoms with E-state index in [-0.39, 0.29) is 22.8 Å². The Morgan fingerprint density at radius 1 is 1.33 bits per heavy atom. The third kappa shape index (κ3) is 1.83. The standard InChI is InChI=1S/C12H14N2O2S2/c1-8-4-2-3-5-9(8)14-10-6-18(15,16)7-11(10)17-12(14)13/h2-5,10-11,13H,6-7H2,1H3. The quantitative estimate of drug-likeness (QED) is 0.851. The number of sulfone groups is 1. The number of nitrogens with zero attached hydrogens (tertiary/aromatic N) is 1. The van der Waals surface area contributed by atoms with E-state index in [1.54, 1.807) is 0 Å². The van der Waals surface area contributed by atoms with Crippen LogP contribution in [-0.4, -0.2) is 36.4 Å². The molecule has 2 fully saturated rings. The van der Waals surface area contributed by atoms with Crippen LogP contribution in [0.5, 0.6) is 0 Å². The zero-order chi connectivity index (χ0) is 12.9. The molecule has 0 amide bonds. The molecule has 0 spiro atoms. The lowest BCUT2D eigenvalue weighted by Crippen LogP contribution is -2.37. The zero-order valence-corrected chi connectivity index (χ0v) is 11.6. The molecule has 0 saturated carbocycles. The van der Waals surface area contributed by atoms with Crippen LogP contribution in [0.1, 0.15) is 5.56 Å². The monoisotopic (exact) mass is 282 g/mol. The number of hydrogen-bond donors (Lipinski definition) is 1. The molecule has 2 aliphatic heterocycles. The molecule has 0 aromatic heterocycles. The molecule has 6 heteroatoms. The second-order valence-corrected chi connectivity index (χ2v) is 8.14. The number of anilines is 1. The van der Waals surface area contributed by atoms with Crippen molar-refractivity contribution >= 4 is 32.5 Å². The highest BCUT2D eigenvalue weighted by atomic mass is 32.2. The van der Waals surface area contributed by atoms with Crippen LogP contribution in [0, 0.1) is 12.3 Å². The minimum absolute atomic E-state index is 0.0158. The lowest BCUT2D eigenvalue weighted by atomic mass is 10.1. The molecule has 4 nitrogen and oxygen atoms in total. The number of benzene rings is 1. The topological polar surface area (TPSA) is 61.2 Å². The molecule has 3 rings (SSSR count). The van der Waals surface area contributed by atoms with Crippen LogP contribution in [0.4, 0.5) is 5.69 Å². The average Bonchev–Trinajstić information content (AvgIpc) is 2.70. The second-order valence-electron chi connectivity index (χ2n) is 4.76. The van der Waals surface area contributed by atoms with Gasteiger partial charge >= 0.3 is 0 Å². The Morgan fingerprint density at radius 2 is 2.06 bits per heavy atom. The van der Waals surface area contributed by atoms with E-state index < -0.39 is 9.84 Å². The van der Waals surface area contributed by atoms with Crippen LogP contribution in [0.15, 0.2) is 24.3 Å². The molecular formula is C12H14N2O2S2. The number of fused-ring (bicyclic) bond motifs is 1. The van der Waals surface area contributed by atoms with Gasteiger partial charge in [-0.05, 0) is 18.6 Å². The van der Waals surface area contributed by atoms with E-state index in [1.807, 2.05) is 36.1 Å². The predicted molar refractivity (Wildman–Crippen MR) is 75.2 cm³/mol. The number of para-hydroxylation sites is 1. The smallest absolute Gasteiger partial charge is 0.161 e. The minimum Gasteiger partial charge on any atom is -0.316 e. The van der Waals surface area contributed by atoms with E-state index in [9.17, 15) is 8.42 Å². The highest BCUT2D eigenvalue weighted by molar-refractivity contribution is 8.15. The number of rotatable bonds is 1. The summed E-state index contributed by atoms with van der Waals surface area (Å²) in [6.07, 6.45) is 0. The zero-order valence-electron chi connectivity index (χ0n) is 9.96. The van der Waals surface area contributed by atoms with E-state index in [0.717, 1.165) is 11.3 Å².